The predicted octanol–water partition coefficient (Wildman–Crippen LogP) is 2.39. The fourth-order valence-electron chi connectivity index (χ4n) is 5.61. The molecule has 3 heterocycles. The summed E-state index contributed by atoms with van der Waals surface area (Å²) in [5.74, 6) is -1.89. The molecule has 7 nitrogen and oxygen atoms in total. The average molecular weight is 465 g/mol. The quantitative estimate of drug-likeness (QED) is 0.271. The zero-order valence-electron chi connectivity index (χ0n) is 19.2. The van der Waals surface area contributed by atoms with Crippen LogP contribution in [0.15, 0.2) is 25.3 Å². The Bertz CT molecular complexity index is 759. The topological polar surface area (TPSA) is 87.2 Å². The van der Waals surface area contributed by atoms with Gasteiger partial charge in [0.2, 0.25) is 11.8 Å². The summed E-state index contributed by atoms with van der Waals surface area (Å²) in [5.41, 5.74) is 0. The van der Waals surface area contributed by atoms with Gasteiger partial charge < -0.3 is 19.6 Å². The Morgan fingerprint density at radius 3 is 2.75 bits per heavy atom. The van der Waals surface area contributed by atoms with Crippen molar-refractivity contribution in [2.75, 3.05) is 26.3 Å². The van der Waals surface area contributed by atoms with E-state index in [0.717, 1.165) is 25.7 Å². The van der Waals surface area contributed by atoms with Crippen molar-refractivity contribution in [1.29, 1.82) is 0 Å². The molecule has 1 spiro atoms. The van der Waals surface area contributed by atoms with Gasteiger partial charge >= 0.3 is 5.97 Å². The van der Waals surface area contributed by atoms with E-state index in [1.54, 1.807) is 34.6 Å². The minimum atomic E-state index is -0.698. The molecule has 8 heteroatoms. The van der Waals surface area contributed by atoms with Crippen LogP contribution in [0.5, 0.6) is 0 Å². The number of aliphatic hydroxyl groups excluding tert-OH is 1. The van der Waals surface area contributed by atoms with Crippen LogP contribution in [0.25, 0.3) is 0 Å². The van der Waals surface area contributed by atoms with Gasteiger partial charge in [-0.3, -0.25) is 14.4 Å². The highest BCUT2D eigenvalue weighted by molar-refractivity contribution is 8.02. The van der Waals surface area contributed by atoms with Gasteiger partial charge in [-0.25, -0.2) is 0 Å². The van der Waals surface area contributed by atoms with Crippen LogP contribution in [0.2, 0.25) is 0 Å². The van der Waals surface area contributed by atoms with Gasteiger partial charge in [0.05, 0.1) is 29.2 Å². The van der Waals surface area contributed by atoms with Gasteiger partial charge in [0.15, 0.2) is 0 Å². The van der Waals surface area contributed by atoms with Crippen molar-refractivity contribution in [3.05, 3.63) is 25.3 Å². The third kappa shape index (κ3) is 4.12. The molecule has 0 aromatic rings. The molecule has 1 N–H and O–H groups in total. The Labute approximate surface area is 195 Å². The number of fused-ring (bicyclic) bond motifs is 1. The zero-order valence-corrected chi connectivity index (χ0v) is 20.0. The van der Waals surface area contributed by atoms with E-state index >= 15 is 0 Å². The summed E-state index contributed by atoms with van der Waals surface area (Å²) in [5, 5.41) is 9.87. The summed E-state index contributed by atoms with van der Waals surface area (Å²) in [6.07, 6.45) is 7.64. The number of thioether (sulfide) groups is 1. The molecular formula is C24H36N2O5S. The molecule has 2 unspecified atom stereocenters. The molecule has 0 aliphatic carbocycles. The van der Waals surface area contributed by atoms with Gasteiger partial charge in [-0.2, -0.15) is 0 Å². The largest absolute Gasteiger partial charge is 0.461 e. The Kier molecular flexibility index (Phi) is 8.09. The molecular weight excluding hydrogens is 428 g/mol. The Morgan fingerprint density at radius 2 is 2.12 bits per heavy atom. The lowest BCUT2D eigenvalue weighted by Crippen LogP contribution is -2.57. The molecule has 2 amide bonds. The number of carbonyl (C=O) groups excluding carboxylic acids is 3. The van der Waals surface area contributed by atoms with Crippen molar-refractivity contribution in [1.82, 2.24) is 9.80 Å². The molecule has 32 heavy (non-hydrogen) atoms. The smallest absolute Gasteiger partial charge is 0.311 e. The van der Waals surface area contributed by atoms with Crippen molar-refractivity contribution in [3.63, 3.8) is 0 Å². The van der Waals surface area contributed by atoms with Gasteiger partial charge in [-0.05, 0) is 26.2 Å². The van der Waals surface area contributed by atoms with E-state index in [-0.39, 0.29) is 30.3 Å². The van der Waals surface area contributed by atoms with E-state index in [0.29, 0.717) is 19.5 Å². The van der Waals surface area contributed by atoms with E-state index in [4.69, 9.17) is 4.74 Å². The van der Waals surface area contributed by atoms with Gasteiger partial charge in [0.25, 0.3) is 0 Å². The number of hydrogen-bond donors (Lipinski definition) is 1. The van der Waals surface area contributed by atoms with Crippen LogP contribution in [0, 0.1) is 11.8 Å². The summed E-state index contributed by atoms with van der Waals surface area (Å²) in [6.45, 7) is 12.1. The minimum Gasteiger partial charge on any atom is -0.461 e. The number of aliphatic hydroxyl groups is 1. The molecule has 0 aromatic carbocycles. The summed E-state index contributed by atoms with van der Waals surface area (Å²) in [7, 11) is 0. The maximum Gasteiger partial charge on any atom is 0.311 e. The predicted molar refractivity (Wildman–Crippen MR) is 125 cm³/mol. The van der Waals surface area contributed by atoms with Crippen LogP contribution in [-0.4, -0.2) is 81.1 Å². The molecule has 0 aromatic heterocycles. The highest BCUT2D eigenvalue weighted by Gasteiger charge is 2.74. The second-order valence-electron chi connectivity index (χ2n) is 9.03. The molecule has 3 fully saturated rings. The van der Waals surface area contributed by atoms with Crippen LogP contribution in [0.4, 0.5) is 0 Å². The van der Waals surface area contributed by atoms with Gasteiger partial charge in [-0.15, -0.1) is 18.3 Å². The highest BCUT2D eigenvalue weighted by atomic mass is 32.2. The molecule has 178 valence electrons. The Morgan fingerprint density at radius 1 is 1.38 bits per heavy atom. The zero-order chi connectivity index (χ0) is 23.5. The van der Waals surface area contributed by atoms with E-state index in [1.807, 2.05) is 0 Å². The Hall–Kier alpha value is -1.80. The van der Waals surface area contributed by atoms with E-state index in [9.17, 15) is 19.5 Å². The van der Waals surface area contributed by atoms with Gasteiger partial charge in [0.1, 0.15) is 12.6 Å². The number of esters is 1. The van der Waals surface area contributed by atoms with E-state index < -0.39 is 34.6 Å². The first-order valence-corrected chi connectivity index (χ1v) is 12.5. The molecule has 3 rings (SSSR count). The van der Waals surface area contributed by atoms with Crippen molar-refractivity contribution < 1.29 is 24.2 Å². The summed E-state index contributed by atoms with van der Waals surface area (Å²) >= 11 is 1.61. The number of unbranched alkanes of at least 4 members (excludes halogenated alkanes) is 2. The summed E-state index contributed by atoms with van der Waals surface area (Å²) in [6, 6.07) is -1.21. The second kappa shape index (κ2) is 10.4. The van der Waals surface area contributed by atoms with Crippen molar-refractivity contribution in [2.45, 2.75) is 68.0 Å². The molecule has 0 saturated carbocycles. The minimum absolute atomic E-state index is 0.0314. The molecule has 3 saturated heterocycles. The molecule has 3 aliphatic heterocycles. The third-order valence-corrected chi connectivity index (χ3v) is 8.97. The van der Waals surface area contributed by atoms with E-state index in [2.05, 4.69) is 20.1 Å². The monoisotopic (exact) mass is 464 g/mol. The first-order valence-electron chi connectivity index (χ1n) is 11.7. The van der Waals surface area contributed by atoms with Crippen LogP contribution < -0.4 is 0 Å². The lowest BCUT2D eigenvalue weighted by Gasteiger charge is -2.38. The number of ether oxygens (including phenoxy) is 1. The maximum atomic E-state index is 13.9. The first-order chi connectivity index (χ1) is 15.4. The van der Waals surface area contributed by atoms with E-state index in [1.165, 1.54) is 6.08 Å². The summed E-state index contributed by atoms with van der Waals surface area (Å²) < 4.78 is 4.69. The second-order valence-corrected chi connectivity index (χ2v) is 10.6. The number of carbonyl (C=O) groups is 3. The average Bonchev–Trinajstić information content (AvgIpc) is 3.43. The third-order valence-electron chi connectivity index (χ3n) is 7.02. The fourth-order valence-corrected chi connectivity index (χ4v) is 7.80. The summed E-state index contributed by atoms with van der Waals surface area (Å²) in [4.78, 5) is 43.9. The normalized spacial score (nSPS) is 31.3. The number of likely N-dealkylation sites (tertiary alicyclic amines) is 1. The number of amides is 2. The van der Waals surface area contributed by atoms with Crippen molar-refractivity contribution in [2.24, 2.45) is 11.8 Å². The maximum absolute atomic E-state index is 13.9. The van der Waals surface area contributed by atoms with Crippen molar-refractivity contribution in [3.8, 4) is 0 Å². The molecule has 6 atom stereocenters. The number of nitrogens with zero attached hydrogens (tertiary/aromatic N) is 2. The van der Waals surface area contributed by atoms with Crippen LogP contribution in [0.3, 0.4) is 0 Å². The van der Waals surface area contributed by atoms with Gasteiger partial charge in [-0.1, -0.05) is 38.5 Å². The lowest BCUT2D eigenvalue weighted by molar-refractivity contribution is -0.153. The first kappa shape index (κ1) is 24.8. The Balaban J connectivity index is 1.97. The fraction of sp³-hybridized carbons (Fsp3) is 0.708. The number of hydrogen-bond acceptors (Lipinski definition) is 6. The molecule has 3 aliphatic rings. The standard InChI is InChI=1S/C24H36N2O5S/c1-5-8-9-13-25(12-6-2)22(29)20-24-11-10-17(32-24)18(23(30)31-14-7-3)19(24)21(28)26(20)16(4)15-27/h6-7,16-20,27H,2-3,5,8-15H2,1,4H3/t16-,17+,18-,19+,20?,24?/m1/s1. The lowest BCUT2D eigenvalue weighted by atomic mass is 9.71. The van der Waals surface area contributed by atoms with Crippen LogP contribution in [0.1, 0.15) is 46.0 Å². The molecule has 0 radical (unpaired) electrons. The van der Waals surface area contributed by atoms with Crippen LogP contribution >= 0.6 is 11.8 Å². The molecule has 2 bridgehead atoms. The van der Waals surface area contributed by atoms with Gasteiger partial charge in [0, 0.05) is 18.3 Å². The highest BCUT2D eigenvalue weighted by Crippen LogP contribution is 2.66. The SMILES string of the molecule is C=CCOC(=O)[C@@H]1[C@@H]2CCC3(S2)C(C(=O)N(CC=C)CCCCC)N([C@H](C)CO)C(=O)[C@H]13. The van der Waals surface area contributed by atoms with Crippen molar-refractivity contribution >= 4 is 29.5 Å². The number of rotatable bonds is 12. The van der Waals surface area contributed by atoms with Crippen LogP contribution in [-0.2, 0) is 19.1 Å².